The molecule has 7 heteroatoms. The Bertz CT molecular complexity index is 878. The van der Waals surface area contributed by atoms with Crippen LogP contribution in [0.1, 0.15) is 27.5 Å². The minimum atomic E-state index is -0.315. The number of carbonyl (C=O) groups excluding carboxylic acids is 1. The molecule has 0 aliphatic rings. The van der Waals surface area contributed by atoms with Gasteiger partial charge in [0.05, 0.1) is 7.11 Å². The Kier molecular flexibility index (Phi) is 5.48. The van der Waals surface area contributed by atoms with Gasteiger partial charge in [0, 0.05) is 18.9 Å². The summed E-state index contributed by atoms with van der Waals surface area (Å²) in [6.07, 6.45) is 4.66. The van der Waals surface area contributed by atoms with E-state index in [0.717, 1.165) is 11.1 Å². The van der Waals surface area contributed by atoms with Crippen LogP contribution in [0.4, 0.5) is 0 Å². The van der Waals surface area contributed by atoms with Crippen molar-refractivity contribution >= 4 is 5.91 Å². The van der Waals surface area contributed by atoms with E-state index in [1.165, 1.54) is 6.26 Å². The number of aryl methyl sites for hydroxylation is 1. The number of pyridine rings is 1. The highest BCUT2D eigenvalue weighted by molar-refractivity contribution is 5.91. The summed E-state index contributed by atoms with van der Waals surface area (Å²) in [5.41, 5.74) is 2.22. The van der Waals surface area contributed by atoms with Gasteiger partial charge in [-0.1, -0.05) is 6.07 Å². The molecule has 0 aliphatic carbocycles. The predicted molar refractivity (Wildman–Crippen MR) is 94.0 cm³/mol. The van der Waals surface area contributed by atoms with Crippen molar-refractivity contribution in [2.45, 2.75) is 20.1 Å². The number of methoxy groups -OCH3 is 1. The fraction of sp³-hybridized carbons (Fsp3) is 0.211. The number of rotatable bonds is 7. The van der Waals surface area contributed by atoms with Gasteiger partial charge in [0.25, 0.3) is 5.91 Å². The van der Waals surface area contributed by atoms with Crippen LogP contribution in [0.25, 0.3) is 0 Å². The normalized spacial score (nSPS) is 10.4. The van der Waals surface area contributed by atoms with Gasteiger partial charge in [0.1, 0.15) is 6.26 Å². The summed E-state index contributed by atoms with van der Waals surface area (Å²) < 4.78 is 16.3. The lowest BCUT2D eigenvalue weighted by Gasteiger charge is -2.09. The smallest absolute Gasteiger partial charge is 0.273 e. The molecule has 2 heterocycles. The number of aromatic nitrogens is 2. The van der Waals surface area contributed by atoms with E-state index in [9.17, 15) is 4.79 Å². The van der Waals surface area contributed by atoms with E-state index in [1.54, 1.807) is 19.5 Å². The Labute approximate surface area is 151 Å². The molecule has 3 aromatic rings. The van der Waals surface area contributed by atoms with E-state index in [0.29, 0.717) is 23.9 Å². The number of ether oxygens (including phenoxy) is 2. The first-order valence-electron chi connectivity index (χ1n) is 8.04. The fourth-order valence-corrected chi connectivity index (χ4v) is 2.29. The Hall–Kier alpha value is -3.35. The number of hydrogen-bond acceptors (Lipinski definition) is 6. The molecule has 7 nitrogen and oxygen atoms in total. The molecule has 0 atom stereocenters. The van der Waals surface area contributed by atoms with Crippen molar-refractivity contribution in [1.82, 2.24) is 15.3 Å². The lowest BCUT2D eigenvalue weighted by atomic mass is 10.2. The molecule has 0 saturated heterocycles. The Morgan fingerprint density at radius 3 is 2.77 bits per heavy atom. The summed E-state index contributed by atoms with van der Waals surface area (Å²) in [6, 6.07) is 9.28. The van der Waals surface area contributed by atoms with E-state index in [-0.39, 0.29) is 18.2 Å². The molecule has 0 unspecified atom stereocenters. The lowest BCUT2D eigenvalue weighted by molar-refractivity contribution is 0.0946. The second-order valence-corrected chi connectivity index (χ2v) is 5.61. The zero-order valence-electron chi connectivity index (χ0n) is 14.6. The number of hydrogen-bond donors (Lipinski definition) is 1. The summed E-state index contributed by atoms with van der Waals surface area (Å²) >= 11 is 0. The molecule has 0 saturated carbocycles. The molecule has 2 aromatic heterocycles. The Balaban J connectivity index is 1.57. The average Bonchev–Trinajstić information content (AvgIpc) is 3.15. The molecule has 0 bridgehead atoms. The minimum Gasteiger partial charge on any atom is -0.493 e. The first-order chi connectivity index (χ1) is 12.7. The molecule has 1 aromatic carbocycles. The van der Waals surface area contributed by atoms with Crippen molar-refractivity contribution < 1.29 is 18.7 Å². The summed E-state index contributed by atoms with van der Waals surface area (Å²) in [7, 11) is 1.58. The first kappa shape index (κ1) is 17.5. The molecule has 1 amide bonds. The molecule has 0 spiro atoms. The minimum absolute atomic E-state index is 0.0943. The van der Waals surface area contributed by atoms with Crippen LogP contribution < -0.4 is 14.8 Å². The van der Waals surface area contributed by atoms with Gasteiger partial charge in [-0.3, -0.25) is 9.78 Å². The SMILES string of the molecule is COc1cc(C)ccc1OCc1nc(C(=O)NCc2ccncc2)co1. The molecule has 0 fully saturated rings. The summed E-state index contributed by atoms with van der Waals surface area (Å²) in [6.45, 7) is 2.45. The molecule has 134 valence electrons. The molecule has 1 N–H and O–H groups in total. The van der Waals surface area contributed by atoms with E-state index in [4.69, 9.17) is 13.9 Å². The van der Waals surface area contributed by atoms with Crippen molar-refractivity contribution in [1.29, 1.82) is 0 Å². The van der Waals surface area contributed by atoms with Crippen molar-refractivity contribution in [3.8, 4) is 11.5 Å². The highest BCUT2D eigenvalue weighted by Gasteiger charge is 2.13. The maximum Gasteiger partial charge on any atom is 0.273 e. The summed E-state index contributed by atoms with van der Waals surface area (Å²) in [5.74, 6) is 1.21. The average molecular weight is 353 g/mol. The van der Waals surface area contributed by atoms with Gasteiger partial charge in [-0.15, -0.1) is 0 Å². The van der Waals surface area contributed by atoms with Crippen molar-refractivity contribution in [3.63, 3.8) is 0 Å². The Morgan fingerprint density at radius 2 is 2.00 bits per heavy atom. The second-order valence-electron chi connectivity index (χ2n) is 5.61. The molecule has 0 aliphatic heterocycles. The van der Waals surface area contributed by atoms with Gasteiger partial charge in [0.2, 0.25) is 5.89 Å². The van der Waals surface area contributed by atoms with Gasteiger partial charge in [-0.25, -0.2) is 4.98 Å². The van der Waals surface area contributed by atoms with Crippen LogP contribution in [0.3, 0.4) is 0 Å². The zero-order valence-corrected chi connectivity index (χ0v) is 14.6. The maximum atomic E-state index is 12.1. The highest BCUT2D eigenvalue weighted by atomic mass is 16.5. The van der Waals surface area contributed by atoms with Crippen LogP contribution in [0, 0.1) is 6.92 Å². The second kappa shape index (κ2) is 8.15. The van der Waals surface area contributed by atoms with Crippen molar-refractivity contribution in [3.05, 3.63) is 71.7 Å². The topological polar surface area (TPSA) is 86.5 Å². The van der Waals surface area contributed by atoms with Crippen LogP contribution in [0.2, 0.25) is 0 Å². The van der Waals surface area contributed by atoms with Gasteiger partial charge in [0.15, 0.2) is 23.8 Å². The quantitative estimate of drug-likeness (QED) is 0.703. The van der Waals surface area contributed by atoms with Crippen LogP contribution in [0.15, 0.2) is 53.4 Å². The third-order valence-corrected chi connectivity index (χ3v) is 3.66. The van der Waals surface area contributed by atoms with Crippen LogP contribution >= 0.6 is 0 Å². The van der Waals surface area contributed by atoms with E-state index >= 15 is 0 Å². The molecule has 26 heavy (non-hydrogen) atoms. The molecule has 0 radical (unpaired) electrons. The number of benzene rings is 1. The van der Waals surface area contributed by atoms with Gasteiger partial charge in [-0.2, -0.15) is 0 Å². The van der Waals surface area contributed by atoms with Crippen LogP contribution in [-0.4, -0.2) is 23.0 Å². The Morgan fingerprint density at radius 1 is 1.19 bits per heavy atom. The van der Waals surface area contributed by atoms with E-state index in [1.807, 2.05) is 37.3 Å². The number of oxazole rings is 1. The number of nitrogens with one attached hydrogen (secondary N) is 1. The predicted octanol–water partition coefficient (Wildman–Crippen LogP) is 2.90. The van der Waals surface area contributed by atoms with Gasteiger partial charge in [-0.05, 0) is 42.3 Å². The van der Waals surface area contributed by atoms with Crippen molar-refractivity contribution in [2.75, 3.05) is 7.11 Å². The summed E-state index contributed by atoms with van der Waals surface area (Å²) in [4.78, 5) is 20.2. The molecular formula is C19H19N3O4. The maximum absolute atomic E-state index is 12.1. The largest absolute Gasteiger partial charge is 0.493 e. The van der Waals surface area contributed by atoms with E-state index < -0.39 is 0 Å². The number of amides is 1. The molecule has 3 rings (SSSR count). The number of nitrogens with zero attached hydrogens (tertiary/aromatic N) is 2. The first-order valence-corrected chi connectivity index (χ1v) is 8.04. The lowest BCUT2D eigenvalue weighted by Crippen LogP contribution is -2.23. The monoisotopic (exact) mass is 353 g/mol. The van der Waals surface area contributed by atoms with Gasteiger partial charge < -0.3 is 19.2 Å². The third-order valence-electron chi connectivity index (χ3n) is 3.66. The number of carbonyl (C=O) groups is 1. The highest BCUT2D eigenvalue weighted by Crippen LogP contribution is 2.28. The van der Waals surface area contributed by atoms with E-state index in [2.05, 4.69) is 15.3 Å². The third kappa shape index (κ3) is 4.38. The zero-order chi connectivity index (χ0) is 18.4. The fourth-order valence-electron chi connectivity index (χ4n) is 2.29. The molecular weight excluding hydrogens is 334 g/mol. The van der Waals surface area contributed by atoms with Crippen LogP contribution in [-0.2, 0) is 13.2 Å². The van der Waals surface area contributed by atoms with Gasteiger partial charge >= 0.3 is 0 Å². The van der Waals surface area contributed by atoms with Crippen molar-refractivity contribution in [2.24, 2.45) is 0 Å². The summed E-state index contributed by atoms with van der Waals surface area (Å²) in [5, 5.41) is 2.78. The van der Waals surface area contributed by atoms with Crippen LogP contribution in [0.5, 0.6) is 11.5 Å². The standard InChI is InChI=1S/C19H19N3O4/c1-13-3-4-16(17(9-13)24-2)25-12-18-22-15(11-26-18)19(23)21-10-14-5-7-20-8-6-14/h3-9,11H,10,12H2,1-2H3,(H,21,23).